The number of benzene rings is 9. The fourth-order valence-electron chi connectivity index (χ4n) is 7.35. The molecule has 46 heavy (non-hydrogen) atoms. The zero-order chi connectivity index (χ0) is 30.5. The summed E-state index contributed by atoms with van der Waals surface area (Å²) in [5, 5.41) is 10.2. The fraction of sp³-hybridized carbons (Fsp3) is 0. The van der Waals surface area contributed by atoms with Gasteiger partial charge in [-0.05, 0) is 93.7 Å². The Balaban J connectivity index is 1.27. The van der Waals surface area contributed by atoms with Gasteiger partial charge in [0.1, 0.15) is 0 Å². The molecule has 0 atom stereocenters. The minimum atomic E-state index is 1.23. The molecule has 0 heteroatoms. The van der Waals surface area contributed by atoms with E-state index in [1.165, 1.54) is 87.6 Å². The molecule has 0 aliphatic rings. The molecule has 9 aromatic carbocycles. The predicted octanol–water partition coefficient (Wildman–Crippen LogP) is 13.0. The second kappa shape index (κ2) is 10.9. The SMILES string of the molecule is c1ccc(-c2ccc(-c3c4ccccc4c(-c4cccc(-c5cccc6ccc7ccccc7c56)c4)c4ccccc34)cc2)cc1. The van der Waals surface area contributed by atoms with Gasteiger partial charge in [-0.2, -0.15) is 0 Å². The van der Waals surface area contributed by atoms with E-state index in [1.807, 2.05) is 0 Å². The third-order valence-corrected chi connectivity index (χ3v) is 9.44. The van der Waals surface area contributed by atoms with Crippen molar-refractivity contribution in [2.75, 3.05) is 0 Å². The normalized spacial score (nSPS) is 11.5. The van der Waals surface area contributed by atoms with Crippen molar-refractivity contribution in [3.05, 3.63) is 182 Å². The molecule has 0 amide bonds. The van der Waals surface area contributed by atoms with Crippen LogP contribution in [0.3, 0.4) is 0 Å². The summed E-state index contributed by atoms with van der Waals surface area (Å²) >= 11 is 0. The lowest BCUT2D eigenvalue weighted by molar-refractivity contribution is 1.61. The first-order chi connectivity index (χ1) is 22.8. The quantitative estimate of drug-likeness (QED) is 0.143. The third-order valence-electron chi connectivity index (χ3n) is 9.44. The third kappa shape index (κ3) is 4.30. The van der Waals surface area contributed by atoms with Gasteiger partial charge in [-0.15, -0.1) is 0 Å². The Bertz CT molecular complexity index is 2500. The Morgan fingerprint density at radius 3 is 1.39 bits per heavy atom. The van der Waals surface area contributed by atoms with Gasteiger partial charge < -0.3 is 0 Å². The van der Waals surface area contributed by atoms with Gasteiger partial charge in [0, 0.05) is 0 Å². The average molecular weight is 583 g/mol. The molecule has 0 unspecified atom stereocenters. The standard InChI is InChI=1S/C46H30/c1-2-12-31(13-3-1)32-24-27-35(28-25-32)45-40-19-6-8-21-42(40)46(43-22-9-7-20-41(43)45)37-17-10-16-36(30-37)39-23-11-15-34-29-26-33-14-4-5-18-38(33)44(34)39/h1-30H. The van der Waals surface area contributed by atoms with Crippen LogP contribution in [0.25, 0.3) is 87.6 Å². The molecule has 214 valence electrons. The van der Waals surface area contributed by atoms with Crippen molar-refractivity contribution in [1.29, 1.82) is 0 Å². The lowest BCUT2D eigenvalue weighted by Gasteiger charge is -2.18. The molecule has 0 aromatic heterocycles. The van der Waals surface area contributed by atoms with Gasteiger partial charge in [0.05, 0.1) is 0 Å². The van der Waals surface area contributed by atoms with Crippen LogP contribution in [0.5, 0.6) is 0 Å². The maximum atomic E-state index is 2.39. The molecule has 0 heterocycles. The van der Waals surface area contributed by atoms with E-state index in [0.717, 1.165) is 0 Å². The average Bonchev–Trinajstić information content (AvgIpc) is 3.14. The van der Waals surface area contributed by atoms with E-state index in [1.54, 1.807) is 0 Å². The van der Waals surface area contributed by atoms with Gasteiger partial charge in [-0.25, -0.2) is 0 Å². The molecular weight excluding hydrogens is 553 g/mol. The van der Waals surface area contributed by atoms with Crippen LogP contribution in [-0.2, 0) is 0 Å². The van der Waals surface area contributed by atoms with E-state index in [9.17, 15) is 0 Å². The molecule has 0 spiro atoms. The van der Waals surface area contributed by atoms with Gasteiger partial charge in [-0.1, -0.05) is 176 Å². The first-order valence-corrected chi connectivity index (χ1v) is 15.9. The highest BCUT2D eigenvalue weighted by molar-refractivity contribution is 6.22. The summed E-state index contributed by atoms with van der Waals surface area (Å²) in [6, 6.07) is 66.5. The fourth-order valence-corrected chi connectivity index (χ4v) is 7.35. The van der Waals surface area contributed by atoms with Gasteiger partial charge in [0.2, 0.25) is 0 Å². The molecule has 9 rings (SSSR count). The Hall–Kier alpha value is -5.98. The molecular formula is C46H30. The van der Waals surface area contributed by atoms with E-state index >= 15 is 0 Å². The number of rotatable bonds is 4. The zero-order valence-corrected chi connectivity index (χ0v) is 25.3. The molecule has 0 saturated carbocycles. The largest absolute Gasteiger partial charge is 0.0622 e. The second-order valence-electron chi connectivity index (χ2n) is 12.1. The summed E-state index contributed by atoms with van der Waals surface area (Å²) in [4.78, 5) is 0. The second-order valence-corrected chi connectivity index (χ2v) is 12.1. The Morgan fingerprint density at radius 1 is 0.239 bits per heavy atom. The van der Waals surface area contributed by atoms with Gasteiger partial charge in [-0.3, -0.25) is 0 Å². The van der Waals surface area contributed by atoms with Crippen molar-refractivity contribution < 1.29 is 0 Å². The topological polar surface area (TPSA) is 0 Å². The number of hydrogen-bond donors (Lipinski definition) is 0. The van der Waals surface area contributed by atoms with E-state index in [2.05, 4.69) is 182 Å². The molecule has 0 aliphatic heterocycles. The van der Waals surface area contributed by atoms with Crippen LogP contribution in [0.4, 0.5) is 0 Å². The van der Waals surface area contributed by atoms with Crippen LogP contribution in [0.2, 0.25) is 0 Å². The summed E-state index contributed by atoms with van der Waals surface area (Å²) in [5.41, 5.74) is 9.98. The molecule has 0 N–H and O–H groups in total. The van der Waals surface area contributed by atoms with Crippen molar-refractivity contribution in [2.45, 2.75) is 0 Å². The minimum absolute atomic E-state index is 1.23. The Kier molecular flexibility index (Phi) is 6.25. The van der Waals surface area contributed by atoms with Crippen LogP contribution in [0, 0.1) is 0 Å². The highest BCUT2D eigenvalue weighted by Crippen LogP contribution is 2.45. The van der Waals surface area contributed by atoms with E-state index in [4.69, 9.17) is 0 Å². The van der Waals surface area contributed by atoms with Crippen molar-refractivity contribution in [2.24, 2.45) is 0 Å². The highest BCUT2D eigenvalue weighted by atomic mass is 14.2. The van der Waals surface area contributed by atoms with Gasteiger partial charge in [0.15, 0.2) is 0 Å². The molecule has 9 aromatic rings. The van der Waals surface area contributed by atoms with Crippen LogP contribution < -0.4 is 0 Å². The van der Waals surface area contributed by atoms with E-state index in [-0.39, 0.29) is 0 Å². The van der Waals surface area contributed by atoms with Crippen molar-refractivity contribution in [3.63, 3.8) is 0 Å². The molecule has 0 bridgehead atoms. The van der Waals surface area contributed by atoms with Crippen molar-refractivity contribution >= 4 is 43.1 Å². The Morgan fingerprint density at radius 2 is 0.696 bits per heavy atom. The molecule has 0 fully saturated rings. The summed E-state index contributed by atoms with van der Waals surface area (Å²) < 4.78 is 0. The molecule has 0 saturated heterocycles. The summed E-state index contributed by atoms with van der Waals surface area (Å²) in [5.74, 6) is 0. The first-order valence-electron chi connectivity index (χ1n) is 15.9. The number of fused-ring (bicyclic) bond motifs is 5. The highest BCUT2D eigenvalue weighted by Gasteiger charge is 2.17. The van der Waals surface area contributed by atoms with Crippen LogP contribution in [0.15, 0.2) is 182 Å². The lowest BCUT2D eigenvalue weighted by atomic mass is 9.85. The predicted molar refractivity (Wildman–Crippen MR) is 198 cm³/mol. The zero-order valence-electron chi connectivity index (χ0n) is 25.3. The summed E-state index contributed by atoms with van der Waals surface area (Å²) in [6.45, 7) is 0. The first kappa shape index (κ1) is 26.4. The maximum Gasteiger partial charge on any atom is -0.00262 e. The van der Waals surface area contributed by atoms with Crippen molar-refractivity contribution in [3.8, 4) is 44.5 Å². The van der Waals surface area contributed by atoms with Crippen LogP contribution >= 0.6 is 0 Å². The minimum Gasteiger partial charge on any atom is -0.0622 e. The summed E-state index contributed by atoms with van der Waals surface area (Å²) in [6.07, 6.45) is 0. The van der Waals surface area contributed by atoms with E-state index < -0.39 is 0 Å². The van der Waals surface area contributed by atoms with Crippen LogP contribution in [0.1, 0.15) is 0 Å². The van der Waals surface area contributed by atoms with E-state index in [0.29, 0.717) is 0 Å². The number of hydrogen-bond acceptors (Lipinski definition) is 0. The smallest absolute Gasteiger partial charge is 0.00262 e. The van der Waals surface area contributed by atoms with Crippen molar-refractivity contribution in [1.82, 2.24) is 0 Å². The Labute approximate surface area is 268 Å². The molecule has 0 nitrogen and oxygen atoms in total. The monoisotopic (exact) mass is 582 g/mol. The van der Waals surface area contributed by atoms with Gasteiger partial charge >= 0.3 is 0 Å². The summed E-state index contributed by atoms with van der Waals surface area (Å²) in [7, 11) is 0. The van der Waals surface area contributed by atoms with Gasteiger partial charge in [0.25, 0.3) is 0 Å². The maximum absolute atomic E-state index is 2.39. The lowest BCUT2D eigenvalue weighted by Crippen LogP contribution is -1.91. The van der Waals surface area contributed by atoms with Crippen LogP contribution in [-0.4, -0.2) is 0 Å². The molecule has 0 radical (unpaired) electrons. The molecule has 0 aliphatic carbocycles.